The zero-order valence-corrected chi connectivity index (χ0v) is 20.8. The summed E-state index contributed by atoms with van der Waals surface area (Å²) in [6.45, 7) is 1.85. The van der Waals surface area contributed by atoms with Crippen molar-refractivity contribution in [2.24, 2.45) is 11.1 Å². The molecule has 0 bridgehead atoms. The van der Waals surface area contributed by atoms with E-state index in [1.165, 1.54) is 12.3 Å². The predicted octanol–water partition coefficient (Wildman–Crippen LogP) is 5.83. The van der Waals surface area contributed by atoms with Gasteiger partial charge in [-0.2, -0.15) is 4.98 Å². The highest BCUT2D eigenvalue weighted by Crippen LogP contribution is 2.44. The smallest absolute Gasteiger partial charge is 0.252 e. The first-order valence-electron chi connectivity index (χ1n) is 11.5. The Balaban J connectivity index is 1.52. The Hall–Kier alpha value is -2.79. The molecule has 0 atom stereocenters. The molecule has 2 saturated carbocycles. The van der Waals surface area contributed by atoms with E-state index in [0.717, 1.165) is 6.07 Å². The van der Waals surface area contributed by atoms with Crippen LogP contribution < -0.4 is 16.4 Å². The van der Waals surface area contributed by atoms with E-state index in [4.69, 9.17) is 28.9 Å². The van der Waals surface area contributed by atoms with Gasteiger partial charge in [-0.05, 0) is 37.8 Å². The highest BCUT2D eigenvalue weighted by atomic mass is 35.5. The number of halogens is 5. The van der Waals surface area contributed by atoms with E-state index in [-0.39, 0.29) is 52.4 Å². The molecule has 2 fully saturated rings. The number of anilines is 3. The van der Waals surface area contributed by atoms with Crippen molar-refractivity contribution in [2.75, 3.05) is 10.6 Å². The summed E-state index contributed by atoms with van der Waals surface area (Å²) in [7, 11) is 0. The van der Waals surface area contributed by atoms with Crippen LogP contribution in [0.2, 0.25) is 10.0 Å². The van der Waals surface area contributed by atoms with E-state index in [1.807, 2.05) is 11.5 Å². The Morgan fingerprint density at radius 2 is 1.89 bits per heavy atom. The quantitative estimate of drug-likeness (QED) is 0.362. The maximum atomic E-state index is 14.7. The first-order valence-corrected chi connectivity index (χ1v) is 12.3. The molecule has 13 heteroatoms. The van der Waals surface area contributed by atoms with E-state index in [9.17, 15) is 18.0 Å². The van der Waals surface area contributed by atoms with Crippen LogP contribution >= 0.6 is 23.2 Å². The fourth-order valence-electron chi connectivity index (χ4n) is 4.86. The van der Waals surface area contributed by atoms with Crippen molar-refractivity contribution in [1.29, 1.82) is 0 Å². The molecule has 0 unspecified atom stereocenters. The molecular weight excluding hydrogens is 518 g/mol. The number of imidazole rings is 1. The number of rotatable bonds is 6. The summed E-state index contributed by atoms with van der Waals surface area (Å²) in [6.07, 6.45) is 3.20. The molecule has 192 valence electrons. The van der Waals surface area contributed by atoms with Gasteiger partial charge >= 0.3 is 0 Å². The molecule has 0 saturated heterocycles. The van der Waals surface area contributed by atoms with Crippen molar-refractivity contribution in [3.63, 3.8) is 0 Å². The Labute approximate surface area is 214 Å². The van der Waals surface area contributed by atoms with Crippen LogP contribution in [0, 0.1) is 11.2 Å². The average Bonchev–Trinajstić information content (AvgIpc) is 3.13. The van der Waals surface area contributed by atoms with Crippen LogP contribution in [0.4, 0.5) is 30.8 Å². The van der Waals surface area contributed by atoms with E-state index in [1.54, 1.807) is 0 Å². The summed E-state index contributed by atoms with van der Waals surface area (Å²) in [6, 6.07) is 1.98. The van der Waals surface area contributed by atoms with Crippen molar-refractivity contribution in [2.45, 2.75) is 63.5 Å². The van der Waals surface area contributed by atoms with Crippen LogP contribution in [0.5, 0.6) is 0 Å². The number of nitrogens with one attached hydrogen (secondary N) is 2. The number of benzene rings is 1. The number of amides is 1. The van der Waals surface area contributed by atoms with Gasteiger partial charge in [0.1, 0.15) is 11.3 Å². The minimum absolute atomic E-state index is 0.00147. The highest BCUT2D eigenvalue weighted by molar-refractivity contribution is 6.36. The topological polar surface area (TPSA) is 111 Å². The molecule has 0 radical (unpaired) electrons. The van der Waals surface area contributed by atoms with Crippen molar-refractivity contribution >= 4 is 57.9 Å². The van der Waals surface area contributed by atoms with E-state index in [0.29, 0.717) is 36.8 Å². The van der Waals surface area contributed by atoms with Crippen molar-refractivity contribution in [3.05, 3.63) is 34.2 Å². The summed E-state index contributed by atoms with van der Waals surface area (Å²) in [5, 5.41) is 6.14. The molecule has 2 aliphatic rings. The van der Waals surface area contributed by atoms with Crippen molar-refractivity contribution < 1.29 is 18.0 Å². The monoisotopic (exact) mass is 541 g/mol. The molecule has 2 aromatic heterocycles. The van der Waals surface area contributed by atoms with Crippen LogP contribution in [0.3, 0.4) is 0 Å². The van der Waals surface area contributed by atoms with Gasteiger partial charge in [-0.3, -0.25) is 9.36 Å². The summed E-state index contributed by atoms with van der Waals surface area (Å²) >= 11 is 12.2. The number of alkyl halides is 2. The second-order valence-corrected chi connectivity index (χ2v) is 10.7. The Kier molecular flexibility index (Phi) is 6.19. The van der Waals surface area contributed by atoms with Gasteiger partial charge in [0.15, 0.2) is 5.65 Å². The molecule has 3 aromatic rings. The predicted molar refractivity (Wildman–Crippen MR) is 131 cm³/mol. The molecule has 5 rings (SSSR count). The third kappa shape index (κ3) is 4.66. The normalized spacial score (nSPS) is 23.9. The number of carbonyl (C=O) groups excluding carboxylic acids is 1. The number of fused-ring (bicyclic) bond motifs is 1. The summed E-state index contributed by atoms with van der Waals surface area (Å²) in [5.41, 5.74) is 5.86. The lowest BCUT2D eigenvalue weighted by Crippen LogP contribution is -2.44. The fraction of sp³-hybridized carbons (Fsp3) is 0.478. The number of carbonyl (C=O) groups is 1. The van der Waals surface area contributed by atoms with Crippen LogP contribution in [-0.2, 0) is 4.79 Å². The molecule has 1 amide bonds. The van der Waals surface area contributed by atoms with Crippen molar-refractivity contribution in [3.8, 4) is 0 Å². The average molecular weight is 542 g/mol. The van der Waals surface area contributed by atoms with Gasteiger partial charge in [0.05, 0.1) is 16.9 Å². The number of hydrogen-bond acceptors (Lipinski definition) is 6. The molecule has 2 aliphatic carbocycles. The van der Waals surface area contributed by atoms with Gasteiger partial charge in [0, 0.05) is 35.4 Å². The van der Waals surface area contributed by atoms with Gasteiger partial charge < -0.3 is 16.4 Å². The number of aromatic nitrogens is 4. The number of nitrogens with two attached hydrogens (primary N) is 1. The first kappa shape index (κ1) is 24.9. The van der Waals surface area contributed by atoms with E-state index >= 15 is 0 Å². The third-order valence-electron chi connectivity index (χ3n) is 7.12. The standard InChI is InChI=1S/C23H24Cl2F3N7O/c1-22(19(29)36)4-2-13(3-5-22)35-18-16(10-30-20(34-18)31-12-8-23(27,28)9-12)32-21(35)33-17-14(25)6-11(24)7-15(17)26/h6-7,10,12-13H,2-5,8-9H2,1H3,(H2,29,36)(H,32,33)(H,30,31,34)/t13-,22-. The number of primary amides is 1. The highest BCUT2D eigenvalue weighted by Gasteiger charge is 2.45. The lowest BCUT2D eigenvalue weighted by molar-refractivity contribution is -0.128. The molecule has 36 heavy (non-hydrogen) atoms. The molecule has 2 heterocycles. The van der Waals surface area contributed by atoms with E-state index < -0.39 is 23.2 Å². The zero-order valence-electron chi connectivity index (χ0n) is 19.3. The van der Waals surface area contributed by atoms with Gasteiger partial charge in [-0.1, -0.05) is 30.1 Å². The van der Waals surface area contributed by atoms with Crippen LogP contribution in [0.25, 0.3) is 11.2 Å². The fourth-order valence-corrected chi connectivity index (χ4v) is 5.37. The van der Waals surface area contributed by atoms with Crippen molar-refractivity contribution in [1.82, 2.24) is 19.5 Å². The van der Waals surface area contributed by atoms with Crippen LogP contribution in [0.1, 0.15) is 51.5 Å². The Bertz CT molecular complexity index is 1310. The second-order valence-electron chi connectivity index (χ2n) is 9.84. The van der Waals surface area contributed by atoms with Gasteiger partial charge in [0.25, 0.3) is 5.92 Å². The van der Waals surface area contributed by atoms with Gasteiger partial charge in [0.2, 0.25) is 17.8 Å². The molecule has 8 nitrogen and oxygen atoms in total. The number of nitrogens with zero attached hydrogens (tertiary/aromatic N) is 4. The largest absolute Gasteiger partial charge is 0.369 e. The Morgan fingerprint density at radius 1 is 1.19 bits per heavy atom. The second kappa shape index (κ2) is 8.95. The minimum atomic E-state index is -2.68. The summed E-state index contributed by atoms with van der Waals surface area (Å²) in [5.74, 6) is -3.21. The van der Waals surface area contributed by atoms with Crippen LogP contribution in [-0.4, -0.2) is 37.4 Å². The lowest BCUT2D eigenvalue weighted by atomic mass is 9.73. The Morgan fingerprint density at radius 3 is 2.50 bits per heavy atom. The molecule has 0 spiro atoms. The number of hydrogen-bond donors (Lipinski definition) is 3. The maximum absolute atomic E-state index is 14.7. The maximum Gasteiger partial charge on any atom is 0.252 e. The molecule has 1 aromatic carbocycles. The van der Waals surface area contributed by atoms with Crippen LogP contribution in [0.15, 0.2) is 18.3 Å². The minimum Gasteiger partial charge on any atom is -0.369 e. The van der Waals surface area contributed by atoms with Gasteiger partial charge in [-0.25, -0.2) is 23.1 Å². The molecule has 4 N–H and O–H groups in total. The summed E-state index contributed by atoms with van der Waals surface area (Å²) < 4.78 is 43.1. The summed E-state index contributed by atoms with van der Waals surface area (Å²) in [4.78, 5) is 25.3. The zero-order chi connectivity index (χ0) is 25.8. The molecule has 0 aliphatic heterocycles. The lowest BCUT2D eigenvalue weighted by Gasteiger charge is -2.36. The van der Waals surface area contributed by atoms with E-state index in [2.05, 4.69) is 25.6 Å². The first-order chi connectivity index (χ1) is 16.9. The molecular formula is C23H24Cl2F3N7O. The SMILES string of the molecule is C[C@]1(C(N)=O)CC[C@H](n2c(Nc3c(F)cc(Cl)cc3Cl)nc3cnc(NC4CC(F)(F)C4)nc32)CC1. The third-order valence-corrected chi connectivity index (χ3v) is 7.63. The van der Waals surface area contributed by atoms with Gasteiger partial charge in [-0.15, -0.1) is 0 Å².